The Morgan fingerprint density at radius 3 is 1.47 bits per heavy atom. The standard InChI is InChI=1S/C16H16O/c1-3-7-13(8-4-1)11-15-16(17-15)12-14-9-5-2-6-10-14/h1-10,15-16H,11-12H2. The average Bonchev–Trinajstić information content (AvgIpc) is 3.10. The maximum absolute atomic E-state index is 5.72. The highest BCUT2D eigenvalue weighted by Crippen LogP contribution is 2.29. The van der Waals surface area contributed by atoms with E-state index in [0.717, 1.165) is 12.8 Å². The molecule has 2 atom stereocenters. The first kappa shape index (κ1) is 10.5. The first-order valence-corrected chi connectivity index (χ1v) is 6.15. The first-order valence-electron chi connectivity index (χ1n) is 6.15. The van der Waals surface area contributed by atoms with Crippen LogP contribution in [0, 0.1) is 0 Å². The monoisotopic (exact) mass is 224 g/mol. The van der Waals surface area contributed by atoms with Crippen molar-refractivity contribution in [3.63, 3.8) is 0 Å². The van der Waals surface area contributed by atoms with Gasteiger partial charge in [0.15, 0.2) is 0 Å². The van der Waals surface area contributed by atoms with E-state index in [1.807, 2.05) is 0 Å². The molecule has 0 amide bonds. The van der Waals surface area contributed by atoms with Crippen LogP contribution in [0.1, 0.15) is 11.1 Å². The second kappa shape index (κ2) is 4.72. The average molecular weight is 224 g/mol. The third kappa shape index (κ3) is 2.75. The fraction of sp³-hybridized carbons (Fsp3) is 0.250. The van der Waals surface area contributed by atoms with Crippen molar-refractivity contribution in [2.24, 2.45) is 0 Å². The smallest absolute Gasteiger partial charge is 0.0885 e. The highest BCUT2D eigenvalue weighted by molar-refractivity contribution is 5.20. The zero-order valence-electron chi connectivity index (χ0n) is 9.75. The van der Waals surface area contributed by atoms with Gasteiger partial charge in [0.05, 0.1) is 12.2 Å². The highest BCUT2D eigenvalue weighted by atomic mass is 16.6. The van der Waals surface area contributed by atoms with Gasteiger partial charge in [0.25, 0.3) is 0 Å². The van der Waals surface area contributed by atoms with Gasteiger partial charge in [-0.2, -0.15) is 0 Å². The number of hydrogen-bond donors (Lipinski definition) is 0. The van der Waals surface area contributed by atoms with Gasteiger partial charge in [-0.25, -0.2) is 0 Å². The molecule has 0 bridgehead atoms. The Bertz CT molecular complexity index is 418. The first-order chi connectivity index (χ1) is 8.42. The summed E-state index contributed by atoms with van der Waals surface area (Å²) in [5.74, 6) is 0. The van der Waals surface area contributed by atoms with Crippen LogP contribution in [-0.4, -0.2) is 12.2 Å². The van der Waals surface area contributed by atoms with Gasteiger partial charge in [0.2, 0.25) is 0 Å². The summed E-state index contributed by atoms with van der Waals surface area (Å²) >= 11 is 0. The second-order valence-corrected chi connectivity index (χ2v) is 4.59. The molecule has 1 heteroatoms. The maximum atomic E-state index is 5.72. The van der Waals surface area contributed by atoms with Gasteiger partial charge in [-0.3, -0.25) is 0 Å². The van der Waals surface area contributed by atoms with Crippen LogP contribution >= 0.6 is 0 Å². The largest absolute Gasteiger partial charge is 0.369 e. The van der Waals surface area contributed by atoms with Crippen LogP contribution in [0.25, 0.3) is 0 Å². The van der Waals surface area contributed by atoms with Crippen LogP contribution in [0.4, 0.5) is 0 Å². The highest BCUT2D eigenvalue weighted by Gasteiger charge is 2.38. The molecule has 1 fully saturated rings. The molecule has 0 aliphatic carbocycles. The van der Waals surface area contributed by atoms with Crippen LogP contribution in [0.5, 0.6) is 0 Å². The number of epoxide rings is 1. The molecular formula is C16H16O. The lowest BCUT2D eigenvalue weighted by Crippen LogP contribution is -2.01. The molecule has 1 aliphatic rings. The molecule has 2 aromatic carbocycles. The van der Waals surface area contributed by atoms with Crippen LogP contribution in [-0.2, 0) is 17.6 Å². The van der Waals surface area contributed by atoms with E-state index in [-0.39, 0.29) is 0 Å². The van der Waals surface area contributed by atoms with E-state index in [1.165, 1.54) is 11.1 Å². The normalized spacial score (nSPS) is 22.4. The van der Waals surface area contributed by atoms with Crippen molar-refractivity contribution in [2.75, 3.05) is 0 Å². The minimum absolute atomic E-state index is 0.414. The molecule has 1 aliphatic heterocycles. The molecular weight excluding hydrogens is 208 g/mol. The zero-order chi connectivity index (χ0) is 11.5. The molecule has 1 nitrogen and oxygen atoms in total. The third-order valence-corrected chi connectivity index (χ3v) is 3.25. The predicted octanol–water partition coefficient (Wildman–Crippen LogP) is 3.24. The van der Waals surface area contributed by atoms with E-state index in [2.05, 4.69) is 60.7 Å². The molecule has 0 N–H and O–H groups in total. The van der Waals surface area contributed by atoms with Gasteiger partial charge in [-0.05, 0) is 11.1 Å². The van der Waals surface area contributed by atoms with Crippen LogP contribution in [0.3, 0.4) is 0 Å². The van der Waals surface area contributed by atoms with Crippen molar-refractivity contribution in [1.82, 2.24) is 0 Å². The molecule has 3 rings (SSSR count). The lowest BCUT2D eigenvalue weighted by atomic mass is 10.0. The summed E-state index contributed by atoms with van der Waals surface area (Å²) in [4.78, 5) is 0. The Labute approximate surface area is 102 Å². The van der Waals surface area contributed by atoms with Crippen molar-refractivity contribution in [3.8, 4) is 0 Å². The Morgan fingerprint density at radius 1 is 0.647 bits per heavy atom. The van der Waals surface area contributed by atoms with E-state index < -0.39 is 0 Å². The van der Waals surface area contributed by atoms with Crippen molar-refractivity contribution in [3.05, 3.63) is 71.8 Å². The van der Waals surface area contributed by atoms with E-state index in [1.54, 1.807) is 0 Å². The Balaban J connectivity index is 1.54. The molecule has 0 spiro atoms. The number of benzene rings is 2. The van der Waals surface area contributed by atoms with Gasteiger partial charge in [-0.1, -0.05) is 60.7 Å². The summed E-state index contributed by atoms with van der Waals surface area (Å²) in [6, 6.07) is 21.1. The Kier molecular flexibility index (Phi) is 2.93. The fourth-order valence-electron chi connectivity index (χ4n) is 2.23. The van der Waals surface area contributed by atoms with E-state index >= 15 is 0 Å². The summed E-state index contributed by atoms with van der Waals surface area (Å²) < 4.78 is 5.72. The molecule has 86 valence electrons. The number of rotatable bonds is 4. The lowest BCUT2D eigenvalue weighted by molar-refractivity contribution is 0.368. The fourth-order valence-corrected chi connectivity index (χ4v) is 2.23. The molecule has 2 aromatic rings. The molecule has 0 radical (unpaired) electrons. The van der Waals surface area contributed by atoms with E-state index in [0.29, 0.717) is 12.2 Å². The zero-order valence-corrected chi connectivity index (χ0v) is 9.75. The molecule has 2 unspecified atom stereocenters. The second-order valence-electron chi connectivity index (χ2n) is 4.59. The third-order valence-electron chi connectivity index (χ3n) is 3.25. The maximum Gasteiger partial charge on any atom is 0.0885 e. The predicted molar refractivity (Wildman–Crippen MR) is 69.0 cm³/mol. The minimum atomic E-state index is 0.414. The van der Waals surface area contributed by atoms with Crippen LogP contribution in [0.2, 0.25) is 0 Å². The van der Waals surface area contributed by atoms with Crippen molar-refractivity contribution < 1.29 is 4.74 Å². The van der Waals surface area contributed by atoms with E-state index in [9.17, 15) is 0 Å². The van der Waals surface area contributed by atoms with Gasteiger partial charge < -0.3 is 4.74 Å². The molecule has 1 heterocycles. The quantitative estimate of drug-likeness (QED) is 0.726. The topological polar surface area (TPSA) is 12.5 Å². The Hall–Kier alpha value is -1.60. The SMILES string of the molecule is c1ccc(CC2OC2Cc2ccccc2)cc1. The number of hydrogen-bond acceptors (Lipinski definition) is 1. The Morgan fingerprint density at radius 2 is 1.06 bits per heavy atom. The number of ether oxygens (including phenoxy) is 1. The summed E-state index contributed by atoms with van der Waals surface area (Å²) in [6.45, 7) is 0. The van der Waals surface area contributed by atoms with Gasteiger partial charge in [0.1, 0.15) is 0 Å². The molecule has 0 saturated carbocycles. The van der Waals surface area contributed by atoms with Crippen LogP contribution < -0.4 is 0 Å². The van der Waals surface area contributed by atoms with Crippen molar-refractivity contribution in [1.29, 1.82) is 0 Å². The lowest BCUT2D eigenvalue weighted by Gasteiger charge is -1.98. The summed E-state index contributed by atoms with van der Waals surface area (Å²) in [6.07, 6.45) is 2.91. The molecule has 17 heavy (non-hydrogen) atoms. The van der Waals surface area contributed by atoms with Crippen molar-refractivity contribution >= 4 is 0 Å². The van der Waals surface area contributed by atoms with Crippen LogP contribution in [0.15, 0.2) is 60.7 Å². The molecule has 1 saturated heterocycles. The van der Waals surface area contributed by atoms with E-state index in [4.69, 9.17) is 4.74 Å². The van der Waals surface area contributed by atoms with Gasteiger partial charge in [-0.15, -0.1) is 0 Å². The summed E-state index contributed by atoms with van der Waals surface area (Å²) in [7, 11) is 0. The van der Waals surface area contributed by atoms with Gasteiger partial charge >= 0.3 is 0 Å². The minimum Gasteiger partial charge on any atom is -0.369 e. The van der Waals surface area contributed by atoms with Crippen molar-refractivity contribution in [2.45, 2.75) is 25.0 Å². The summed E-state index contributed by atoms with van der Waals surface area (Å²) in [5.41, 5.74) is 2.74. The summed E-state index contributed by atoms with van der Waals surface area (Å²) in [5, 5.41) is 0. The molecule has 0 aromatic heterocycles. The van der Waals surface area contributed by atoms with Gasteiger partial charge in [0, 0.05) is 12.8 Å².